The van der Waals surface area contributed by atoms with E-state index in [2.05, 4.69) is 26.2 Å². The van der Waals surface area contributed by atoms with Crippen LogP contribution < -0.4 is 0 Å². The Labute approximate surface area is 306 Å². The van der Waals surface area contributed by atoms with Crippen LogP contribution in [-0.4, -0.2) is 55.9 Å². The van der Waals surface area contributed by atoms with Gasteiger partial charge < -0.3 is 0 Å². The number of dihydropyridines is 1. The smallest absolute Gasteiger partial charge is 0.166 e. The van der Waals surface area contributed by atoms with Crippen LogP contribution in [0.5, 0.6) is 0 Å². The number of nitrogens with zero attached hydrogens (tertiary/aromatic N) is 9. The van der Waals surface area contributed by atoms with Crippen molar-refractivity contribution < 1.29 is 0 Å². The van der Waals surface area contributed by atoms with Gasteiger partial charge in [-0.05, 0) is 97.1 Å². The van der Waals surface area contributed by atoms with E-state index in [9.17, 15) is 0 Å². The number of hydrogen-bond donors (Lipinski definition) is 2. The van der Waals surface area contributed by atoms with Gasteiger partial charge in [0.15, 0.2) is 10.0 Å². The van der Waals surface area contributed by atoms with Crippen molar-refractivity contribution in [2.24, 2.45) is 4.99 Å². The largest absolute Gasteiger partial charge is 0.292 e. The summed E-state index contributed by atoms with van der Waals surface area (Å²) in [6, 6.07) is 33.8. The highest BCUT2D eigenvalue weighted by molar-refractivity contribution is 8.27. The molecule has 0 saturated heterocycles. The van der Waals surface area contributed by atoms with Crippen LogP contribution in [0.4, 0.5) is 0 Å². The average Bonchev–Trinajstić information content (AvgIpc) is 3.73. The van der Waals surface area contributed by atoms with Gasteiger partial charge in [-0.3, -0.25) is 25.8 Å². The van der Waals surface area contributed by atoms with Crippen LogP contribution in [-0.2, 0) is 0 Å². The van der Waals surface area contributed by atoms with E-state index in [0.29, 0.717) is 44.9 Å². The first-order valence-electron chi connectivity index (χ1n) is 16.2. The number of aliphatic imine (C=N–C) groups is 1. The van der Waals surface area contributed by atoms with Crippen LogP contribution in [0.15, 0.2) is 139 Å². The number of allylic oxidation sites excluding steroid dienone is 1. The quantitative estimate of drug-likeness (QED) is 0.117. The molecule has 1 aliphatic rings. The topological polar surface area (TPSA) is 163 Å². The van der Waals surface area contributed by atoms with Gasteiger partial charge in [-0.2, -0.15) is 0 Å². The van der Waals surface area contributed by atoms with Crippen LogP contribution in [0.3, 0.4) is 0 Å². The van der Waals surface area contributed by atoms with Gasteiger partial charge in [0, 0.05) is 12.4 Å². The Hall–Kier alpha value is -6.44. The summed E-state index contributed by atoms with van der Waals surface area (Å²) in [6.07, 6.45) is 8.24. The van der Waals surface area contributed by atoms with Crippen molar-refractivity contribution in [3.05, 3.63) is 157 Å². The van der Waals surface area contributed by atoms with Crippen LogP contribution in [0, 0.1) is 10.8 Å². The molecular formula is C39H27N11S2. The third kappa shape index (κ3) is 7.22. The van der Waals surface area contributed by atoms with Crippen LogP contribution >= 0.6 is 23.1 Å². The van der Waals surface area contributed by atoms with Crippen molar-refractivity contribution in [3.63, 3.8) is 0 Å². The van der Waals surface area contributed by atoms with Crippen molar-refractivity contribution in [2.45, 2.75) is 12.5 Å². The Morgan fingerprint density at radius 1 is 0.558 bits per heavy atom. The summed E-state index contributed by atoms with van der Waals surface area (Å²) in [4.78, 5) is 32.8. The van der Waals surface area contributed by atoms with E-state index in [-0.39, 0.29) is 16.1 Å². The lowest BCUT2D eigenvalue weighted by atomic mass is 10.0. The highest BCUT2D eigenvalue weighted by atomic mass is 32.2. The Bertz CT molecular complexity index is 2480. The van der Waals surface area contributed by atoms with E-state index in [0.717, 1.165) is 45.9 Å². The third-order valence-corrected chi connectivity index (χ3v) is 9.73. The Morgan fingerprint density at radius 3 is 1.77 bits per heavy atom. The monoisotopic (exact) mass is 713 g/mol. The SMILES string of the molecule is N=C(SC(=N)c1cccc(C2CC=CC(c3ccccn3)=N2)n1)c1cccc(-c2nnc(-c3cccc(-c4cccc(-c5ccccn5)n4)n3)s2)n1. The van der Waals surface area contributed by atoms with Gasteiger partial charge in [-0.25, -0.2) is 19.9 Å². The van der Waals surface area contributed by atoms with Crippen LogP contribution in [0.1, 0.15) is 35.2 Å². The van der Waals surface area contributed by atoms with E-state index in [1.165, 1.54) is 11.3 Å². The fourth-order valence-electron chi connectivity index (χ4n) is 5.44. The van der Waals surface area contributed by atoms with Gasteiger partial charge in [-0.15, -0.1) is 10.2 Å². The fourth-order valence-corrected chi connectivity index (χ4v) is 6.86. The van der Waals surface area contributed by atoms with E-state index in [1.54, 1.807) is 24.5 Å². The molecule has 0 aliphatic carbocycles. The zero-order chi connectivity index (χ0) is 35.3. The number of thioether (sulfide) groups is 1. The molecule has 0 spiro atoms. The molecule has 0 aromatic carbocycles. The lowest BCUT2D eigenvalue weighted by molar-refractivity contribution is 0.708. The molecule has 0 radical (unpaired) electrons. The molecule has 0 saturated carbocycles. The summed E-state index contributed by atoms with van der Waals surface area (Å²) in [5.41, 5.74) is 7.47. The van der Waals surface area contributed by atoms with Crippen molar-refractivity contribution in [3.8, 4) is 44.2 Å². The first-order chi connectivity index (χ1) is 25.6. The maximum absolute atomic E-state index is 8.80. The number of hydrogen-bond acceptors (Lipinski definition) is 13. The molecule has 11 nitrogen and oxygen atoms in total. The molecule has 250 valence electrons. The van der Waals surface area contributed by atoms with Gasteiger partial charge in [0.05, 0.1) is 57.3 Å². The number of pyridine rings is 6. The molecule has 8 heterocycles. The second kappa shape index (κ2) is 14.8. The number of nitrogens with one attached hydrogen (secondary N) is 2. The molecule has 1 atom stereocenters. The molecule has 8 rings (SSSR count). The second-order valence-corrected chi connectivity index (χ2v) is 13.4. The first kappa shape index (κ1) is 32.7. The average molecular weight is 714 g/mol. The highest BCUT2D eigenvalue weighted by Crippen LogP contribution is 2.31. The lowest BCUT2D eigenvalue weighted by Gasteiger charge is -2.16. The molecule has 0 bridgehead atoms. The van der Waals surface area contributed by atoms with Gasteiger partial charge >= 0.3 is 0 Å². The van der Waals surface area contributed by atoms with E-state index >= 15 is 0 Å². The lowest BCUT2D eigenvalue weighted by Crippen LogP contribution is -2.11. The highest BCUT2D eigenvalue weighted by Gasteiger charge is 2.19. The van der Waals surface area contributed by atoms with Crippen molar-refractivity contribution in [2.75, 3.05) is 0 Å². The molecule has 0 fully saturated rings. The first-order valence-corrected chi connectivity index (χ1v) is 17.9. The van der Waals surface area contributed by atoms with E-state index in [1.807, 2.05) is 103 Å². The predicted molar refractivity (Wildman–Crippen MR) is 206 cm³/mol. The zero-order valence-corrected chi connectivity index (χ0v) is 29.0. The summed E-state index contributed by atoms with van der Waals surface area (Å²) >= 11 is 2.35. The normalized spacial score (nSPS) is 13.8. The third-order valence-electron chi connectivity index (χ3n) is 7.94. The van der Waals surface area contributed by atoms with Gasteiger partial charge in [0.2, 0.25) is 0 Å². The van der Waals surface area contributed by atoms with Gasteiger partial charge in [0.25, 0.3) is 0 Å². The van der Waals surface area contributed by atoms with Crippen molar-refractivity contribution in [1.82, 2.24) is 40.1 Å². The summed E-state index contributed by atoms with van der Waals surface area (Å²) in [7, 11) is 0. The Morgan fingerprint density at radius 2 is 1.10 bits per heavy atom. The van der Waals surface area contributed by atoms with E-state index in [4.69, 9.17) is 35.7 Å². The molecule has 0 amide bonds. The minimum Gasteiger partial charge on any atom is -0.292 e. The van der Waals surface area contributed by atoms with Crippen LogP contribution in [0.2, 0.25) is 0 Å². The molecule has 7 aromatic rings. The molecule has 1 unspecified atom stereocenters. The summed E-state index contributed by atoms with van der Waals surface area (Å²) in [5.74, 6) is 0. The molecular weight excluding hydrogens is 687 g/mol. The Balaban J connectivity index is 0.964. The minimum absolute atomic E-state index is 0.120. The van der Waals surface area contributed by atoms with Crippen molar-refractivity contribution >= 4 is 38.9 Å². The summed E-state index contributed by atoms with van der Waals surface area (Å²) in [6.45, 7) is 0. The zero-order valence-electron chi connectivity index (χ0n) is 27.3. The number of aromatic nitrogens is 8. The molecule has 2 N–H and O–H groups in total. The maximum atomic E-state index is 8.80. The maximum Gasteiger partial charge on any atom is 0.166 e. The fraction of sp³-hybridized carbons (Fsp3) is 0.0513. The Kier molecular flexibility index (Phi) is 9.33. The van der Waals surface area contributed by atoms with E-state index < -0.39 is 0 Å². The molecule has 7 aromatic heterocycles. The minimum atomic E-state index is -0.188. The predicted octanol–water partition coefficient (Wildman–Crippen LogP) is 8.15. The van der Waals surface area contributed by atoms with Gasteiger partial charge in [-0.1, -0.05) is 53.8 Å². The second-order valence-electron chi connectivity index (χ2n) is 11.4. The van der Waals surface area contributed by atoms with Crippen molar-refractivity contribution in [1.29, 1.82) is 10.8 Å². The van der Waals surface area contributed by atoms with Gasteiger partial charge in [0.1, 0.15) is 21.5 Å². The summed E-state index contributed by atoms with van der Waals surface area (Å²) in [5, 5.41) is 27.9. The number of rotatable bonds is 8. The van der Waals surface area contributed by atoms with Crippen LogP contribution in [0.25, 0.3) is 44.2 Å². The molecule has 1 aliphatic heterocycles. The molecule has 52 heavy (non-hydrogen) atoms. The standard InChI is InChI=1S/C39H27N11S2/c40-36(32-18-7-16-30(46-32)28-14-5-12-26(44-28)24-10-1-3-22-42-24)51-37(41)33-19-9-21-35(48-33)39-50-49-38(52-39)34-20-8-17-31(47-34)29-15-6-13-27(45-29)25-11-2-4-23-43-25/h1-13,15-23,28,40-41H,14H2. The molecule has 13 heteroatoms. The summed E-state index contributed by atoms with van der Waals surface area (Å²) < 4.78 is 0.